The Morgan fingerprint density at radius 3 is 2.65 bits per heavy atom. The van der Waals surface area contributed by atoms with E-state index in [-0.39, 0.29) is 22.7 Å². The molecule has 0 aliphatic carbocycles. The maximum absolute atomic E-state index is 11.8. The maximum atomic E-state index is 11.8. The zero-order chi connectivity index (χ0) is 13.1. The van der Waals surface area contributed by atoms with Crippen LogP contribution in [-0.2, 0) is 10.0 Å². The van der Waals surface area contributed by atoms with Crippen LogP contribution in [0, 0.1) is 17.2 Å². The number of sulfonamides is 1. The predicted molar refractivity (Wildman–Crippen MR) is 67.0 cm³/mol. The standard InChI is InChI=1S/C10H15N3O2S2/c1-7(2)9(12)6-13-17(14,15)10-4-3-8(5-11)16-10/h3-4,7,9,13H,6,12H2,1-2H3. The number of rotatable bonds is 5. The normalized spacial score (nSPS) is 13.6. The third-order valence-electron chi connectivity index (χ3n) is 2.32. The van der Waals surface area contributed by atoms with E-state index in [1.54, 1.807) is 0 Å². The third kappa shape index (κ3) is 3.78. The molecule has 5 nitrogen and oxygen atoms in total. The second-order valence-electron chi connectivity index (χ2n) is 3.99. The molecule has 1 aromatic heterocycles. The van der Waals surface area contributed by atoms with Gasteiger partial charge < -0.3 is 5.73 Å². The van der Waals surface area contributed by atoms with Gasteiger partial charge in [-0.15, -0.1) is 11.3 Å². The van der Waals surface area contributed by atoms with Crippen molar-refractivity contribution in [3.8, 4) is 6.07 Å². The summed E-state index contributed by atoms with van der Waals surface area (Å²) < 4.78 is 26.2. The molecule has 0 aliphatic heterocycles. The molecule has 0 aromatic carbocycles. The van der Waals surface area contributed by atoms with Gasteiger partial charge in [0.2, 0.25) is 10.0 Å². The second kappa shape index (κ2) is 5.60. The van der Waals surface area contributed by atoms with Gasteiger partial charge in [0, 0.05) is 12.6 Å². The van der Waals surface area contributed by atoms with Gasteiger partial charge in [-0.2, -0.15) is 5.26 Å². The largest absolute Gasteiger partial charge is 0.326 e. The SMILES string of the molecule is CC(C)C(N)CNS(=O)(=O)c1ccc(C#N)s1. The Kier molecular flexibility index (Phi) is 4.65. The van der Waals surface area contributed by atoms with Crippen LogP contribution in [0.2, 0.25) is 0 Å². The van der Waals surface area contributed by atoms with E-state index in [4.69, 9.17) is 11.0 Å². The zero-order valence-electron chi connectivity index (χ0n) is 9.67. The number of thiophene rings is 1. The Labute approximate surface area is 105 Å². The quantitative estimate of drug-likeness (QED) is 0.832. The van der Waals surface area contributed by atoms with Crippen molar-refractivity contribution in [1.29, 1.82) is 5.26 Å². The highest BCUT2D eigenvalue weighted by Crippen LogP contribution is 2.20. The lowest BCUT2D eigenvalue weighted by Crippen LogP contribution is -2.40. The summed E-state index contributed by atoms with van der Waals surface area (Å²) >= 11 is 0.947. The predicted octanol–water partition coefficient (Wildman–Crippen LogP) is 0.881. The highest BCUT2D eigenvalue weighted by molar-refractivity contribution is 7.91. The van der Waals surface area contributed by atoms with E-state index in [1.807, 2.05) is 19.9 Å². The molecule has 0 amide bonds. The summed E-state index contributed by atoms with van der Waals surface area (Å²) in [6.07, 6.45) is 0. The van der Waals surface area contributed by atoms with E-state index in [9.17, 15) is 8.42 Å². The van der Waals surface area contributed by atoms with Crippen LogP contribution in [0.4, 0.5) is 0 Å². The van der Waals surface area contributed by atoms with E-state index in [2.05, 4.69) is 4.72 Å². The fourth-order valence-corrected chi connectivity index (χ4v) is 3.26. The van der Waals surface area contributed by atoms with Gasteiger partial charge in [0.25, 0.3) is 0 Å². The molecule has 0 aliphatic rings. The van der Waals surface area contributed by atoms with Crippen molar-refractivity contribution in [2.75, 3.05) is 6.54 Å². The molecule has 0 fully saturated rings. The van der Waals surface area contributed by atoms with E-state index in [0.717, 1.165) is 11.3 Å². The Morgan fingerprint density at radius 1 is 1.53 bits per heavy atom. The number of hydrogen-bond acceptors (Lipinski definition) is 5. The summed E-state index contributed by atoms with van der Waals surface area (Å²) in [4.78, 5) is 0.374. The van der Waals surface area contributed by atoms with Crippen LogP contribution < -0.4 is 10.5 Å². The summed E-state index contributed by atoms with van der Waals surface area (Å²) in [6.45, 7) is 4.05. The highest BCUT2D eigenvalue weighted by atomic mass is 32.2. The van der Waals surface area contributed by atoms with Crippen LogP contribution in [0.5, 0.6) is 0 Å². The van der Waals surface area contributed by atoms with Crippen LogP contribution >= 0.6 is 11.3 Å². The average molecular weight is 273 g/mol. The first-order valence-corrected chi connectivity index (χ1v) is 7.42. The van der Waals surface area contributed by atoms with Gasteiger partial charge in [-0.25, -0.2) is 13.1 Å². The van der Waals surface area contributed by atoms with Gasteiger partial charge >= 0.3 is 0 Å². The summed E-state index contributed by atoms with van der Waals surface area (Å²) in [6, 6.07) is 4.59. The molecule has 94 valence electrons. The lowest BCUT2D eigenvalue weighted by Gasteiger charge is -2.15. The Balaban J connectivity index is 2.73. The minimum Gasteiger partial charge on any atom is -0.326 e. The van der Waals surface area contributed by atoms with E-state index in [1.165, 1.54) is 12.1 Å². The van der Waals surface area contributed by atoms with Crippen molar-refractivity contribution < 1.29 is 8.42 Å². The molecule has 1 atom stereocenters. The van der Waals surface area contributed by atoms with Gasteiger partial charge in [-0.05, 0) is 18.1 Å². The first-order valence-electron chi connectivity index (χ1n) is 5.12. The molecule has 3 N–H and O–H groups in total. The van der Waals surface area contributed by atoms with Gasteiger partial charge in [-0.1, -0.05) is 13.8 Å². The summed E-state index contributed by atoms with van der Waals surface area (Å²) in [5.41, 5.74) is 5.76. The molecular formula is C10H15N3O2S2. The molecular weight excluding hydrogens is 258 g/mol. The number of hydrogen-bond donors (Lipinski definition) is 2. The molecule has 0 radical (unpaired) electrons. The van der Waals surface area contributed by atoms with Gasteiger partial charge in [-0.3, -0.25) is 0 Å². The molecule has 0 saturated carbocycles. The van der Waals surface area contributed by atoms with Crippen molar-refractivity contribution in [1.82, 2.24) is 4.72 Å². The van der Waals surface area contributed by atoms with Crippen molar-refractivity contribution in [3.05, 3.63) is 17.0 Å². The molecule has 17 heavy (non-hydrogen) atoms. The van der Waals surface area contributed by atoms with Crippen molar-refractivity contribution in [2.24, 2.45) is 11.7 Å². The molecule has 0 spiro atoms. The van der Waals surface area contributed by atoms with Gasteiger partial charge in [0.1, 0.15) is 15.2 Å². The number of nitrogens with one attached hydrogen (secondary N) is 1. The lowest BCUT2D eigenvalue weighted by molar-refractivity contribution is 0.482. The monoisotopic (exact) mass is 273 g/mol. The average Bonchev–Trinajstić information content (AvgIpc) is 2.75. The highest BCUT2D eigenvalue weighted by Gasteiger charge is 2.18. The molecule has 0 saturated heterocycles. The number of nitrogens with two attached hydrogens (primary N) is 1. The van der Waals surface area contributed by atoms with Gasteiger partial charge in [0.15, 0.2) is 0 Å². The summed E-state index contributed by atoms with van der Waals surface area (Å²) in [5, 5.41) is 8.63. The first kappa shape index (κ1) is 14.1. The first-order chi connectivity index (χ1) is 7.86. The summed E-state index contributed by atoms with van der Waals surface area (Å²) in [7, 11) is -3.54. The van der Waals surface area contributed by atoms with E-state index < -0.39 is 10.0 Å². The van der Waals surface area contributed by atoms with E-state index >= 15 is 0 Å². The number of nitrogens with zero attached hydrogens (tertiary/aromatic N) is 1. The minimum atomic E-state index is -3.54. The fraction of sp³-hybridized carbons (Fsp3) is 0.500. The lowest BCUT2D eigenvalue weighted by atomic mass is 10.1. The molecule has 0 bridgehead atoms. The zero-order valence-corrected chi connectivity index (χ0v) is 11.3. The maximum Gasteiger partial charge on any atom is 0.250 e. The molecule has 7 heteroatoms. The topological polar surface area (TPSA) is 96.0 Å². The Morgan fingerprint density at radius 2 is 2.18 bits per heavy atom. The van der Waals surface area contributed by atoms with Crippen LogP contribution in [0.1, 0.15) is 18.7 Å². The van der Waals surface area contributed by atoms with Crippen LogP contribution in [0.15, 0.2) is 16.3 Å². The van der Waals surface area contributed by atoms with Gasteiger partial charge in [0.05, 0.1) is 0 Å². The molecule has 1 unspecified atom stereocenters. The Bertz CT molecular complexity index is 514. The summed E-state index contributed by atoms with van der Waals surface area (Å²) in [5.74, 6) is 0.204. The molecule has 1 aromatic rings. The Hall–Kier alpha value is -0.940. The second-order valence-corrected chi connectivity index (χ2v) is 7.07. The number of nitriles is 1. The molecule has 1 rings (SSSR count). The fourth-order valence-electron chi connectivity index (χ4n) is 1.04. The third-order valence-corrected chi connectivity index (χ3v) is 5.23. The minimum absolute atomic E-state index is 0.144. The van der Waals surface area contributed by atoms with Crippen molar-refractivity contribution in [2.45, 2.75) is 24.1 Å². The van der Waals surface area contributed by atoms with Crippen LogP contribution in [0.25, 0.3) is 0 Å². The smallest absolute Gasteiger partial charge is 0.250 e. The van der Waals surface area contributed by atoms with Crippen LogP contribution in [-0.4, -0.2) is 21.0 Å². The van der Waals surface area contributed by atoms with Crippen LogP contribution in [0.3, 0.4) is 0 Å². The van der Waals surface area contributed by atoms with Crippen molar-refractivity contribution >= 4 is 21.4 Å². The van der Waals surface area contributed by atoms with Crippen molar-refractivity contribution in [3.63, 3.8) is 0 Å². The van der Waals surface area contributed by atoms with E-state index in [0.29, 0.717) is 4.88 Å². The molecule has 1 heterocycles.